The maximum atomic E-state index is 11.1. The Morgan fingerprint density at radius 3 is 2.39 bits per heavy atom. The van der Waals surface area contributed by atoms with E-state index in [2.05, 4.69) is 27.7 Å². The molecule has 0 radical (unpaired) electrons. The van der Waals surface area contributed by atoms with E-state index in [1.54, 1.807) is 0 Å². The molecule has 160 valence electrons. The van der Waals surface area contributed by atoms with Gasteiger partial charge < -0.3 is 10.2 Å². The van der Waals surface area contributed by atoms with Crippen molar-refractivity contribution in [1.82, 2.24) is 0 Å². The van der Waals surface area contributed by atoms with Crippen molar-refractivity contribution in [2.75, 3.05) is 0 Å². The number of aliphatic hydroxyl groups is 1. The highest BCUT2D eigenvalue weighted by molar-refractivity contribution is 5.66. The normalized spacial score (nSPS) is 51.7. The van der Waals surface area contributed by atoms with Gasteiger partial charge in [-0.15, -0.1) is 0 Å². The van der Waals surface area contributed by atoms with E-state index in [1.165, 1.54) is 38.5 Å². The van der Waals surface area contributed by atoms with Crippen LogP contribution in [0.3, 0.4) is 0 Å². The molecule has 0 bridgehead atoms. The molecule has 0 aromatic carbocycles. The summed E-state index contributed by atoms with van der Waals surface area (Å²) in [5.74, 6) is 4.53. The van der Waals surface area contributed by atoms with Crippen molar-refractivity contribution < 1.29 is 15.0 Å². The van der Waals surface area contributed by atoms with Crippen LogP contribution < -0.4 is 0 Å². The summed E-state index contributed by atoms with van der Waals surface area (Å²) in [6.07, 6.45) is 11.0. The van der Waals surface area contributed by atoms with Gasteiger partial charge in [-0.1, -0.05) is 27.7 Å². The van der Waals surface area contributed by atoms with E-state index in [0.29, 0.717) is 35.0 Å². The number of hydrogen-bond acceptors (Lipinski definition) is 2. The molecule has 0 saturated heterocycles. The van der Waals surface area contributed by atoms with E-state index in [4.69, 9.17) is 5.11 Å². The van der Waals surface area contributed by atoms with Gasteiger partial charge in [0.2, 0.25) is 0 Å². The van der Waals surface area contributed by atoms with Crippen molar-refractivity contribution in [3.63, 3.8) is 0 Å². The van der Waals surface area contributed by atoms with Crippen LogP contribution >= 0.6 is 0 Å². The first kappa shape index (κ1) is 20.7. The van der Waals surface area contributed by atoms with Gasteiger partial charge in [0.25, 0.3) is 0 Å². The molecule has 4 saturated carbocycles. The average Bonchev–Trinajstić information content (AvgIpc) is 2.99. The highest BCUT2D eigenvalue weighted by atomic mass is 16.4. The van der Waals surface area contributed by atoms with Crippen LogP contribution in [0.25, 0.3) is 0 Å². The quantitative estimate of drug-likeness (QED) is 0.642. The molecule has 4 rings (SSSR count). The fourth-order valence-corrected chi connectivity index (χ4v) is 9.24. The third-order valence-electron chi connectivity index (χ3n) is 10.6. The highest BCUT2D eigenvalue weighted by Crippen LogP contribution is 2.69. The molecule has 10 atom stereocenters. The van der Waals surface area contributed by atoms with E-state index in [1.807, 2.05) is 0 Å². The Hall–Kier alpha value is -0.570. The summed E-state index contributed by atoms with van der Waals surface area (Å²) in [5, 5.41) is 19.4. The first-order valence-electron chi connectivity index (χ1n) is 12.1. The minimum Gasteiger partial charge on any atom is -0.481 e. The highest BCUT2D eigenvalue weighted by Gasteiger charge is 2.61. The zero-order valence-corrected chi connectivity index (χ0v) is 18.5. The molecule has 2 N–H and O–H groups in total. The number of aliphatic hydroxyl groups excluding tert-OH is 1. The smallest absolute Gasteiger partial charge is 0.303 e. The Morgan fingerprint density at radius 2 is 1.68 bits per heavy atom. The molecule has 0 aromatic rings. The lowest BCUT2D eigenvalue weighted by Gasteiger charge is -2.63. The molecule has 3 heteroatoms. The monoisotopic (exact) mass is 390 g/mol. The van der Waals surface area contributed by atoms with Gasteiger partial charge in [-0.25, -0.2) is 0 Å². The number of fused-ring (bicyclic) bond motifs is 5. The van der Waals surface area contributed by atoms with Gasteiger partial charge in [0, 0.05) is 6.42 Å². The maximum Gasteiger partial charge on any atom is 0.303 e. The van der Waals surface area contributed by atoms with Crippen LogP contribution in [0.2, 0.25) is 0 Å². The summed E-state index contributed by atoms with van der Waals surface area (Å²) in [6, 6.07) is 0. The second kappa shape index (κ2) is 7.29. The van der Waals surface area contributed by atoms with Crippen LogP contribution in [-0.4, -0.2) is 22.3 Å². The molecule has 0 spiro atoms. The summed E-state index contributed by atoms with van der Waals surface area (Å²) in [6.45, 7) is 9.91. The van der Waals surface area contributed by atoms with E-state index in [0.717, 1.165) is 42.9 Å². The number of hydrogen-bond donors (Lipinski definition) is 2. The lowest BCUT2D eigenvalue weighted by Crippen LogP contribution is -2.56. The Labute approximate surface area is 171 Å². The molecule has 4 aliphatic carbocycles. The van der Waals surface area contributed by atoms with Crippen LogP contribution in [0, 0.1) is 52.3 Å². The van der Waals surface area contributed by atoms with Crippen molar-refractivity contribution in [3.8, 4) is 0 Å². The lowest BCUT2D eigenvalue weighted by molar-refractivity contribution is -0.149. The molecule has 4 aliphatic rings. The Kier molecular flexibility index (Phi) is 5.39. The predicted octanol–water partition coefficient (Wildman–Crippen LogP) is 5.75. The van der Waals surface area contributed by atoms with Crippen molar-refractivity contribution >= 4 is 5.97 Å². The summed E-state index contributed by atoms with van der Waals surface area (Å²) >= 11 is 0. The molecule has 0 aromatic heterocycles. The van der Waals surface area contributed by atoms with Crippen LogP contribution in [0.15, 0.2) is 0 Å². The number of carboxylic acid groups (broad SMARTS) is 1. The van der Waals surface area contributed by atoms with Crippen molar-refractivity contribution in [3.05, 3.63) is 0 Å². The molecule has 28 heavy (non-hydrogen) atoms. The van der Waals surface area contributed by atoms with Gasteiger partial charge in [0.15, 0.2) is 0 Å². The molecule has 3 nitrogen and oxygen atoms in total. The van der Waals surface area contributed by atoms with Crippen molar-refractivity contribution in [2.24, 2.45) is 52.3 Å². The predicted molar refractivity (Wildman–Crippen MR) is 112 cm³/mol. The average molecular weight is 391 g/mol. The summed E-state index contributed by atoms with van der Waals surface area (Å²) < 4.78 is 0. The first-order chi connectivity index (χ1) is 13.2. The Balaban J connectivity index is 1.55. The van der Waals surface area contributed by atoms with Crippen LogP contribution in [0.5, 0.6) is 0 Å². The minimum absolute atomic E-state index is 0.0723. The molecule has 0 amide bonds. The zero-order chi connectivity index (χ0) is 20.3. The number of rotatable bonds is 4. The molecule has 0 aliphatic heterocycles. The van der Waals surface area contributed by atoms with E-state index in [9.17, 15) is 9.90 Å². The molecule has 4 fully saturated rings. The molecule has 0 heterocycles. The van der Waals surface area contributed by atoms with E-state index in [-0.39, 0.29) is 6.10 Å². The number of aliphatic carboxylic acids is 1. The van der Waals surface area contributed by atoms with Crippen LogP contribution in [-0.2, 0) is 4.79 Å². The van der Waals surface area contributed by atoms with Gasteiger partial charge in [-0.05, 0) is 110 Å². The Bertz CT molecular complexity index is 603. The van der Waals surface area contributed by atoms with Gasteiger partial charge in [0.1, 0.15) is 0 Å². The first-order valence-corrected chi connectivity index (χ1v) is 12.1. The number of carboxylic acids is 1. The summed E-state index contributed by atoms with van der Waals surface area (Å²) in [7, 11) is 0. The van der Waals surface area contributed by atoms with Crippen LogP contribution in [0.4, 0.5) is 0 Å². The van der Waals surface area contributed by atoms with Gasteiger partial charge in [0.05, 0.1) is 6.10 Å². The van der Waals surface area contributed by atoms with Gasteiger partial charge in [-0.3, -0.25) is 4.79 Å². The fraction of sp³-hybridized carbons (Fsp3) is 0.960. The van der Waals surface area contributed by atoms with Crippen LogP contribution in [0.1, 0.15) is 91.9 Å². The minimum atomic E-state index is -0.644. The van der Waals surface area contributed by atoms with Gasteiger partial charge in [-0.2, -0.15) is 0 Å². The third kappa shape index (κ3) is 3.15. The van der Waals surface area contributed by atoms with Crippen molar-refractivity contribution in [2.45, 2.75) is 98.0 Å². The number of carbonyl (C=O) groups is 1. The standard InChI is InChI=1S/C25H42O3/c1-15(5-8-23(27)28)19-6-7-20-18-13-16(2)22-14-17(26)9-11-25(22,4)21(18)10-12-24(19,20)3/h15-22,26H,5-14H2,1-4H3,(H,27,28)/t15-,16+,17-,18?,19-,20?,21?,22?,24-,25-/m1/s1. The lowest BCUT2D eigenvalue weighted by atomic mass is 9.42. The SMILES string of the molecule is C[C@H](CCC(=O)O)[C@H]1CCC2C3C[C@H](C)C4C[C@H](O)CC[C@]4(C)C3CC[C@@]21C. The third-order valence-corrected chi connectivity index (χ3v) is 10.6. The molecule has 4 unspecified atom stereocenters. The summed E-state index contributed by atoms with van der Waals surface area (Å²) in [4.78, 5) is 11.1. The van der Waals surface area contributed by atoms with E-state index < -0.39 is 5.97 Å². The Morgan fingerprint density at radius 1 is 1.00 bits per heavy atom. The van der Waals surface area contributed by atoms with Crippen molar-refractivity contribution in [1.29, 1.82) is 0 Å². The van der Waals surface area contributed by atoms with Gasteiger partial charge >= 0.3 is 5.97 Å². The molecular weight excluding hydrogens is 348 g/mol. The topological polar surface area (TPSA) is 57.5 Å². The second-order valence-electron chi connectivity index (χ2n) is 11.8. The summed E-state index contributed by atoms with van der Waals surface area (Å²) in [5.41, 5.74) is 0.839. The maximum absolute atomic E-state index is 11.1. The second-order valence-corrected chi connectivity index (χ2v) is 11.8. The fourth-order valence-electron chi connectivity index (χ4n) is 9.24. The molecular formula is C25H42O3. The van der Waals surface area contributed by atoms with E-state index >= 15 is 0 Å². The largest absolute Gasteiger partial charge is 0.481 e. The zero-order valence-electron chi connectivity index (χ0n) is 18.5.